The molecule has 2 aromatic rings. The lowest BCUT2D eigenvalue weighted by atomic mass is 10.2. The summed E-state index contributed by atoms with van der Waals surface area (Å²) in [6.45, 7) is 1.87. The maximum absolute atomic E-state index is 12.4. The molecule has 0 radical (unpaired) electrons. The van der Waals surface area contributed by atoms with Crippen molar-refractivity contribution in [2.24, 2.45) is 0 Å². The molecule has 1 amide bonds. The molecule has 0 bridgehead atoms. The van der Waals surface area contributed by atoms with Crippen LogP contribution in [0.15, 0.2) is 18.2 Å². The van der Waals surface area contributed by atoms with Crippen LogP contribution < -0.4 is 5.32 Å². The van der Waals surface area contributed by atoms with Gasteiger partial charge in [0.15, 0.2) is 0 Å². The van der Waals surface area contributed by atoms with Crippen molar-refractivity contribution in [3.63, 3.8) is 0 Å². The molecule has 1 heterocycles. The van der Waals surface area contributed by atoms with Crippen LogP contribution in [0, 0.1) is 0 Å². The second-order valence-electron chi connectivity index (χ2n) is 5.40. The van der Waals surface area contributed by atoms with Crippen LogP contribution in [0.1, 0.15) is 31.6 Å². The first-order valence-corrected chi connectivity index (χ1v) is 8.04. The number of halogens is 2. The third-order valence-electron chi connectivity index (χ3n) is 3.74. The number of aromatic nitrogens is 2. The van der Waals surface area contributed by atoms with Gasteiger partial charge in [-0.3, -0.25) is 4.79 Å². The van der Waals surface area contributed by atoms with Crippen LogP contribution in [-0.4, -0.2) is 27.4 Å². The van der Waals surface area contributed by atoms with Crippen molar-refractivity contribution in [2.45, 2.75) is 38.3 Å². The Morgan fingerprint density at radius 2 is 2.29 bits per heavy atom. The fourth-order valence-electron chi connectivity index (χ4n) is 2.50. The number of fused-ring (bicyclic) bond motifs is 1. The topological polar surface area (TPSA) is 46.9 Å². The number of imidazole rings is 1. The van der Waals surface area contributed by atoms with Crippen molar-refractivity contribution in [3.05, 3.63) is 29.0 Å². The number of carbonyl (C=O) groups is 1. The Bertz CT molecular complexity index is 679. The molecule has 3 rings (SSSR count). The summed E-state index contributed by atoms with van der Waals surface area (Å²) in [6, 6.07) is 5.57. The lowest BCUT2D eigenvalue weighted by molar-refractivity contribution is -0.124. The van der Waals surface area contributed by atoms with Crippen LogP contribution in [0.25, 0.3) is 11.0 Å². The van der Waals surface area contributed by atoms with E-state index in [-0.39, 0.29) is 11.9 Å². The highest BCUT2D eigenvalue weighted by Crippen LogP contribution is 2.29. The van der Waals surface area contributed by atoms with E-state index in [1.54, 1.807) is 0 Å². The summed E-state index contributed by atoms with van der Waals surface area (Å²) in [5.74, 6) is 1.26. The molecule has 4 nitrogen and oxygen atoms in total. The molecule has 1 aromatic heterocycles. The van der Waals surface area contributed by atoms with E-state index >= 15 is 0 Å². The average Bonchev–Trinajstić information content (AvgIpc) is 3.18. The normalized spacial score (nSPS) is 16.1. The van der Waals surface area contributed by atoms with Crippen LogP contribution >= 0.6 is 23.2 Å². The molecule has 1 unspecified atom stereocenters. The van der Waals surface area contributed by atoms with Crippen molar-refractivity contribution in [3.8, 4) is 0 Å². The zero-order valence-electron chi connectivity index (χ0n) is 11.8. The van der Waals surface area contributed by atoms with Crippen LogP contribution in [0.3, 0.4) is 0 Å². The second kappa shape index (κ2) is 5.85. The minimum Gasteiger partial charge on any atom is -0.352 e. The fourth-order valence-corrected chi connectivity index (χ4v) is 2.93. The number of benzene rings is 1. The largest absolute Gasteiger partial charge is 0.352 e. The molecule has 0 spiro atoms. The van der Waals surface area contributed by atoms with E-state index in [0.29, 0.717) is 23.4 Å². The summed E-state index contributed by atoms with van der Waals surface area (Å²) in [4.78, 5) is 16.9. The minimum absolute atomic E-state index is 0.00698. The lowest BCUT2D eigenvalue weighted by Gasteiger charge is -2.17. The molecule has 1 aromatic carbocycles. The quantitative estimate of drug-likeness (QED) is 0.857. The molecule has 1 aliphatic carbocycles. The number of aryl methyl sites for hydroxylation is 1. The molecule has 112 valence electrons. The first-order chi connectivity index (χ1) is 10.1. The van der Waals surface area contributed by atoms with Gasteiger partial charge in [0, 0.05) is 18.3 Å². The van der Waals surface area contributed by atoms with E-state index < -0.39 is 0 Å². The summed E-state index contributed by atoms with van der Waals surface area (Å²) in [5, 5.41) is 3.64. The molecular formula is C15H17Cl2N3O. The molecule has 1 aliphatic rings. The fraction of sp³-hybridized carbons (Fsp3) is 0.467. The van der Waals surface area contributed by atoms with Crippen LogP contribution in [0.4, 0.5) is 0 Å². The van der Waals surface area contributed by atoms with E-state index in [1.807, 2.05) is 29.7 Å². The number of alkyl halides is 1. The van der Waals surface area contributed by atoms with Gasteiger partial charge in [0.2, 0.25) is 5.91 Å². The van der Waals surface area contributed by atoms with Crippen molar-refractivity contribution in [1.82, 2.24) is 14.9 Å². The van der Waals surface area contributed by atoms with Gasteiger partial charge in [0.05, 0.1) is 16.1 Å². The van der Waals surface area contributed by atoms with Gasteiger partial charge in [-0.15, -0.1) is 11.6 Å². The monoisotopic (exact) mass is 325 g/mol. The van der Waals surface area contributed by atoms with E-state index in [0.717, 1.165) is 29.7 Å². The third-order valence-corrected chi connectivity index (χ3v) is 4.24. The van der Waals surface area contributed by atoms with E-state index in [1.165, 1.54) is 0 Å². The Balaban J connectivity index is 2.04. The predicted octanol–water partition coefficient (Wildman–Crippen LogP) is 3.31. The van der Waals surface area contributed by atoms with Gasteiger partial charge in [0.1, 0.15) is 11.9 Å². The molecule has 1 atom stereocenters. The Morgan fingerprint density at radius 3 is 2.95 bits per heavy atom. The van der Waals surface area contributed by atoms with Crippen molar-refractivity contribution >= 4 is 40.1 Å². The minimum atomic E-state index is -0.353. The predicted molar refractivity (Wildman–Crippen MR) is 85.0 cm³/mol. The van der Waals surface area contributed by atoms with Crippen LogP contribution in [0.2, 0.25) is 5.02 Å². The number of nitrogens with zero attached hydrogens (tertiary/aromatic N) is 2. The van der Waals surface area contributed by atoms with Crippen LogP contribution in [-0.2, 0) is 11.2 Å². The molecule has 1 saturated carbocycles. The van der Waals surface area contributed by atoms with Gasteiger partial charge in [-0.2, -0.15) is 0 Å². The Kier molecular flexibility index (Phi) is 4.09. The highest BCUT2D eigenvalue weighted by molar-refractivity contribution is 6.35. The summed E-state index contributed by atoms with van der Waals surface area (Å²) in [6.07, 6.45) is 2.74. The molecule has 0 aliphatic heterocycles. The zero-order chi connectivity index (χ0) is 15.0. The molecule has 1 fully saturated rings. The number of hydrogen-bond donors (Lipinski definition) is 1. The summed E-state index contributed by atoms with van der Waals surface area (Å²) in [7, 11) is 0. The van der Waals surface area contributed by atoms with Gasteiger partial charge in [-0.25, -0.2) is 4.98 Å². The number of rotatable bonds is 5. The molecule has 6 heteroatoms. The van der Waals surface area contributed by atoms with Crippen molar-refractivity contribution < 1.29 is 4.79 Å². The highest BCUT2D eigenvalue weighted by atomic mass is 35.5. The molecular weight excluding hydrogens is 309 g/mol. The lowest BCUT2D eigenvalue weighted by Crippen LogP contribution is -2.33. The number of nitrogens with one attached hydrogen (secondary N) is 1. The molecule has 21 heavy (non-hydrogen) atoms. The maximum Gasteiger partial charge on any atom is 0.243 e. The average molecular weight is 326 g/mol. The van der Waals surface area contributed by atoms with Gasteiger partial charge >= 0.3 is 0 Å². The first-order valence-electron chi connectivity index (χ1n) is 7.13. The summed E-state index contributed by atoms with van der Waals surface area (Å²) in [5.41, 5.74) is 1.60. The van der Waals surface area contributed by atoms with Gasteiger partial charge in [-0.05, 0) is 31.9 Å². The SMILES string of the molecule is CC(C(=O)NC1CC1)n1c(CCCl)nc2cccc(Cl)c21. The number of amides is 1. The number of carbonyl (C=O) groups excluding carboxylic acids is 1. The van der Waals surface area contributed by atoms with Crippen molar-refractivity contribution in [2.75, 3.05) is 5.88 Å². The zero-order valence-corrected chi connectivity index (χ0v) is 13.3. The Labute approximate surface area is 133 Å². The van der Waals surface area contributed by atoms with Gasteiger partial charge in [-0.1, -0.05) is 17.7 Å². The maximum atomic E-state index is 12.4. The molecule has 1 N–H and O–H groups in total. The van der Waals surface area contributed by atoms with E-state index in [4.69, 9.17) is 23.2 Å². The number of hydrogen-bond acceptors (Lipinski definition) is 2. The van der Waals surface area contributed by atoms with E-state index in [2.05, 4.69) is 10.3 Å². The number of para-hydroxylation sites is 1. The third kappa shape index (κ3) is 2.87. The van der Waals surface area contributed by atoms with Crippen LogP contribution in [0.5, 0.6) is 0 Å². The molecule has 0 saturated heterocycles. The Hall–Kier alpha value is -1.26. The van der Waals surface area contributed by atoms with Crippen molar-refractivity contribution in [1.29, 1.82) is 0 Å². The standard InChI is InChI=1S/C15H17Cl2N3O/c1-9(15(21)18-10-5-6-10)20-13(7-8-16)19-12-4-2-3-11(17)14(12)20/h2-4,9-10H,5-8H2,1H3,(H,18,21). The highest BCUT2D eigenvalue weighted by Gasteiger charge is 2.28. The second-order valence-corrected chi connectivity index (χ2v) is 6.19. The van der Waals surface area contributed by atoms with E-state index in [9.17, 15) is 4.79 Å². The summed E-state index contributed by atoms with van der Waals surface area (Å²) < 4.78 is 1.91. The van der Waals surface area contributed by atoms with Gasteiger partial charge in [0.25, 0.3) is 0 Å². The smallest absolute Gasteiger partial charge is 0.243 e. The summed E-state index contributed by atoms with van der Waals surface area (Å²) >= 11 is 12.2. The first kappa shape index (κ1) is 14.7. The Morgan fingerprint density at radius 1 is 1.52 bits per heavy atom. The van der Waals surface area contributed by atoms with Gasteiger partial charge < -0.3 is 9.88 Å².